The molecule has 0 saturated heterocycles. The van der Waals surface area contributed by atoms with Gasteiger partial charge in [0.25, 0.3) is 0 Å². The molecule has 0 bridgehead atoms. The SMILES string of the molecule is CN(C)C(=O)Cc1cc(Br)ccc1S(=O)(=O)NC(C)(C)C. The number of hydrogen-bond donors (Lipinski definition) is 1. The lowest BCUT2D eigenvalue weighted by Gasteiger charge is -2.22. The highest BCUT2D eigenvalue weighted by molar-refractivity contribution is 9.10. The number of nitrogens with zero attached hydrogens (tertiary/aromatic N) is 1. The Morgan fingerprint density at radius 2 is 1.86 bits per heavy atom. The maximum atomic E-state index is 12.5. The molecule has 0 aromatic heterocycles. The average Bonchev–Trinajstić information content (AvgIpc) is 2.24. The summed E-state index contributed by atoms with van der Waals surface area (Å²) in [6, 6.07) is 4.83. The molecule has 1 aromatic rings. The number of likely N-dealkylation sites (N-methyl/N-ethyl adjacent to an activating group) is 1. The van der Waals surface area contributed by atoms with Crippen molar-refractivity contribution in [3.8, 4) is 0 Å². The van der Waals surface area contributed by atoms with Gasteiger partial charge >= 0.3 is 0 Å². The first-order chi connectivity index (χ1) is 9.42. The van der Waals surface area contributed by atoms with Crippen molar-refractivity contribution in [1.29, 1.82) is 0 Å². The van der Waals surface area contributed by atoms with E-state index in [0.29, 0.717) is 5.56 Å². The third kappa shape index (κ3) is 5.41. The van der Waals surface area contributed by atoms with E-state index in [1.807, 2.05) is 0 Å². The highest BCUT2D eigenvalue weighted by Crippen LogP contribution is 2.23. The highest BCUT2D eigenvalue weighted by Gasteiger charge is 2.25. The van der Waals surface area contributed by atoms with Gasteiger partial charge in [-0.2, -0.15) is 0 Å². The van der Waals surface area contributed by atoms with Crippen molar-refractivity contribution >= 4 is 31.9 Å². The molecular formula is C14H21BrN2O3S. The zero-order chi connectivity index (χ0) is 16.4. The zero-order valence-electron chi connectivity index (χ0n) is 12.9. The van der Waals surface area contributed by atoms with Gasteiger partial charge in [0, 0.05) is 24.1 Å². The monoisotopic (exact) mass is 376 g/mol. The fourth-order valence-corrected chi connectivity index (χ4v) is 3.78. The number of benzene rings is 1. The summed E-state index contributed by atoms with van der Waals surface area (Å²) < 4.78 is 28.3. The maximum absolute atomic E-state index is 12.5. The van der Waals surface area contributed by atoms with Crippen molar-refractivity contribution in [3.05, 3.63) is 28.2 Å². The Bertz CT molecular complexity index is 634. The largest absolute Gasteiger partial charge is 0.349 e. The molecule has 0 aliphatic rings. The van der Waals surface area contributed by atoms with Crippen molar-refractivity contribution in [2.24, 2.45) is 0 Å². The van der Waals surface area contributed by atoms with Crippen LogP contribution >= 0.6 is 15.9 Å². The first-order valence-corrected chi connectivity index (χ1v) is 8.72. The molecule has 0 spiro atoms. The van der Waals surface area contributed by atoms with E-state index in [0.717, 1.165) is 4.47 Å². The van der Waals surface area contributed by atoms with Crippen LogP contribution in [0.25, 0.3) is 0 Å². The highest BCUT2D eigenvalue weighted by atomic mass is 79.9. The molecule has 7 heteroatoms. The Labute approximate surface area is 134 Å². The normalized spacial score (nSPS) is 12.3. The lowest BCUT2D eigenvalue weighted by molar-refractivity contribution is -0.127. The fraction of sp³-hybridized carbons (Fsp3) is 0.500. The molecule has 1 amide bonds. The second-order valence-electron chi connectivity index (χ2n) is 6.07. The molecular weight excluding hydrogens is 356 g/mol. The molecule has 1 N–H and O–H groups in total. The first-order valence-electron chi connectivity index (χ1n) is 6.45. The summed E-state index contributed by atoms with van der Waals surface area (Å²) in [5.41, 5.74) is -0.116. The molecule has 5 nitrogen and oxygen atoms in total. The van der Waals surface area contributed by atoms with Gasteiger partial charge in [-0.05, 0) is 44.5 Å². The van der Waals surface area contributed by atoms with Crippen LogP contribution in [-0.2, 0) is 21.2 Å². The molecule has 118 valence electrons. The van der Waals surface area contributed by atoms with E-state index in [4.69, 9.17) is 0 Å². The Morgan fingerprint density at radius 1 is 1.29 bits per heavy atom. The van der Waals surface area contributed by atoms with Gasteiger partial charge in [0.2, 0.25) is 15.9 Å². The number of rotatable bonds is 4. The molecule has 0 radical (unpaired) electrons. The maximum Gasteiger partial charge on any atom is 0.241 e. The predicted octanol–water partition coefficient (Wildman–Crippen LogP) is 2.16. The van der Waals surface area contributed by atoms with E-state index >= 15 is 0 Å². The van der Waals surface area contributed by atoms with E-state index in [-0.39, 0.29) is 17.2 Å². The van der Waals surface area contributed by atoms with Gasteiger partial charge in [-0.1, -0.05) is 15.9 Å². The van der Waals surface area contributed by atoms with Crippen molar-refractivity contribution < 1.29 is 13.2 Å². The number of halogens is 1. The Morgan fingerprint density at radius 3 is 2.33 bits per heavy atom. The van der Waals surface area contributed by atoms with Crippen LogP contribution in [0.3, 0.4) is 0 Å². The van der Waals surface area contributed by atoms with E-state index in [1.54, 1.807) is 47.0 Å². The summed E-state index contributed by atoms with van der Waals surface area (Å²) in [7, 11) is -0.397. The van der Waals surface area contributed by atoms with Gasteiger partial charge in [-0.3, -0.25) is 4.79 Å². The lowest BCUT2D eigenvalue weighted by atomic mass is 10.1. The van der Waals surface area contributed by atoms with E-state index in [1.165, 1.54) is 11.0 Å². The number of hydrogen-bond acceptors (Lipinski definition) is 3. The third-order valence-electron chi connectivity index (χ3n) is 2.59. The van der Waals surface area contributed by atoms with Gasteiger partial charge < -0.3 is 4.90 Å². The van der Waals surface area contributed by atoms with Crippen molar-refractivity contribution in [2.45, 2.75) is 37.6 Å². The number of sulfonamides is 1. The van der Waals surface area contributed by atoms with Gasteiger partial charge in [0.1, 0.15) is 0 Å². The summed E-state index contributed by atoms with van der Waals surface area (Å²) in [6.45, 7) is 5.32. The molecule has 0 unspecified atom stereocenters. The minimum Gasteiger partial charge on any atom is -0.349 e. The van der Waals surface area contributed by atoms with Gasteiger partial charge in [-0.15, -0.1) is 0 Å². The van der Waals surface area contributed by atoms with Crippen LogP contribution in [0.1, 0.15) is 26.3 Å². The van der Waals surface area contributed by atoms with Crippen LogP contribution in [0.2, 0.25) is 0 Å². The molecule has 1 aromatic carbocycles. The molecule has 0 saturated carbocycles. The second kappa shape index (κ2) is 6.46. The van der Waals surface area contributed by atoms with E-state index < -0.39 is 15.6 Å². The van der Waals surface area contributed by atoms with Crippen LogP contribution in [0.4, 0.5) is 0 Å². The number of carbonyl (C=O) groups is 1. The van der Waals surface area contributed by atoms with Gasteiger partial charge in [-0.25, -0.2) is 13.1 Å². The average molecular weight is 377 g/mol. The van der Waals surface area contributed by atoms with Crippen molar-refractivity contribution in [1.82, 2.24) is 9.62 Å². The summed E-state index contributed by atoms with van der Waals surface area (Å²) >= 11 is 3.31. The van der Waals surface area contributed by atoms with Crippen molar-refractivity contribution in [3.63, 3.8) is 0 Å². The molecule has 0 aliphatic heterocycles. The summed E-state index contributed by atoms with van der Waals surface area (Å²) in [5.74, 6) is -0.152. The van der Waals surface area contributed by atoms with Gasteiger partial charge in [0.05, 0.1) is 11.3 Å². The third-order valence-corrected chi connectivity index (χ3v) is 4.94. The quantitative estimate of drug-likeness (QED) is 0.875. The standard InChI is InChI=1S/C14H21BrN2O3S/c1-14(2,3)16-21(19,20)12-7-6-11(15)8-10(12)9-13(18)17(4)5/h6-8,16H,9H2,1-5H3. The minimum atomic E-state index is -3.68. The Hall–Kier alpha value is -0.920. The summed E-state index contributed by atoms with van der Waals surface area (Å²) in [6.07, 6.45) is 0.0345. The molecule has 21 heavy (non-hydrogen) atoms. The molecule has 0 atom stereocenters. The zero-order valence-corrected chi connectivity index (χ0v) is 15.3. The summed E-state index contributed by atoms with van der Waals surface area (Å²) in [4.78, 5) is 13.5. The van der Waals surface area contributed by atoms with Crippen molar-refractivity contribution in [2.75, 3.05) is 14.1 Å². The Kier molecular flexibility index (Phi) is 5.57. The van der Waals surface area contributed by atoms with Crippen LogP contribution in [0, 0.1) is 0 Å². The van der Waals surface area contributed by atoms with Crippen LogP contribution in [0.5, 0.6) is 0 Å². The van der Waals surface area contributed by atoms with E-state index in [9.17, 15) is 13.2 Å². The minimum absolute atomic E-state index is 0.0345. The number of amides is 1. The number of carbonyl (C=O) groups excluding carboxylic acids is 1. The summed E-state index contributed by atoms with van der Waals surface area (Å²) in [5, 5.41) is 0. The molecule has 0 aliphatic carbocycles. The first kappa shape index (κ1) is 18.1. The van der Waals surface area contributed by atoms with E-state index in [2.05, 4.69) is 20.7 Å². The topological polar surface area (TPSA) is 66.5 Å². The Balaban J connectivity index is 3.27. The molecule has 1 rings (SSSR count). The second-order valence-corrected chi connectivity index (χ2v) is 8.64. The fourth-order valence-electron chi connectivity index (χ4n) is 1.73. The molecule has 0 fully saturated rings. The smallest absolute Gasteiger partial charge is 0.241 e. The predicted molar refractivity (Wildman–Crippen MR) is 86.6 cm³/mol. The van der Waals surface area contributed by atoms with Gasteiger partial charge in [0.15, 0.2) is 0 Å². The van der Waals surface area contributed by atoms with Crippen LogP contribution in [0.15, 0.2) is 27.6 Å². The van der Waals surface area contributed by atoms with Crippen LogP contribution in [-0.4, -0.2) is 38.9 Å². The number of nitrogens with one attached hydrogen (secondary N) is 1. The molecule has 0 heterocycles. The van der Waals surface area contributed by atoms with Crippen LogP contribution < -0.4 is 4.72 Å². The lowest BCUT2D eigenvalue weighted by Crippen LogP contribution is -2.41.